The molecule has 0 saturated carbocycles. The second-order valence-electron chi connectivity index (χ2n) is 7.56. The quantitative estimate of drug-likeness (QED) is 0.892. The molecule has 0 aliphatic carbocycles. The van der Waals surface area contributed by atoms with Gasteiger partial charge in [0.2, 0.25) is 0 Å². The highest BCUT2D eigenvalue weighted by Crippen LogP contribution is 2.40. The summed E-state index contributed by atoms with van der Waals surface area (Å²) in [4.78, 5) is 32.6. The summed E-state index contributed by atoms with van der Waals surface area (Å²) in [6, 6.07) is 2.82. The number of pyridine rings is 1. The largest absolute Gasteiger partial charge is 0.478 e. The van der Waals surface area contributed by atoms with E-state index in [1.54, 1.807) is 10.8 Å². The minimum atomic E-state index is -0.981. The molecule has 2 aromatic rings. The predicted molar refractivity (Wildman–Crippen MR) is 101 cm³/mol. The van der Waals surface area contributed by atoms with Crippen LogP contribution in [0.15, 0.2) is 23.1 Å². The molecule has 2 aromatic heterocycles. The molecule has 0 aromatic carbocycles. The van der Waals surface area contributed by atoms with Crippen LogP contribution in [0.3, 0.4) is 0 Å². The third-order valence-corrected chi connectivity index (χ3v) is 6.92. The lowest BCUT2D eigenvalue weighted by molar-refractivity contribution is 0.0674. The normalized spacial score (nSPS) is 25.0. The van der Waals surface area contributed by atoms with Crippen molar-refractivity contribution in [2.45, 2.75) is 38.5 Å². The Bertz CT molecular complexity index is 894. The lowest BCUT2D eigenvalue weighted by Gasteiger charge is -2.45. The standard InChI is InChI=1S/C19H23N3O3S/c1-11(2)15-9-20-19(26-15)22-16(23)4-3-13(18(24)25)17(22)14-10-21-7-5-12(14)6-8-21/h3-4,9,11-12,14H,5-8,10H2,1-2H3,(H,24,25). The van der Waals surface area contributed by atoms with Gasteiger partial charge in [0.05, 0.1) is 5.56 Å². The fraction of sp³-hybridized carbons (Fsp3) is 0.526. The zero-order valence-corrected chi connectivity index (χ0v) is 15.8. The number of fused-ring (bicyclic) bond motifs is 3. The molecule has 1 unspecified atom stereocenters. The minimum Gasteiger partial charge on any atom is -0.478 e. The number of hydrogen-bond donors (Lipinski definition) is 1. The van der Waals surface area contributed by atoms with Crippen molar-refractivity contribution in [3.8, 4) is 5.13 Å². The highest BCUT2D eigenvalue weighted by molar-refractivity contribution is 7.14. The fourth-order valence-electron chi connectivity index (χ4n) is 4.22. The van der Waals surface area contributed by atoms with E-state index in [1.807, 2.05) is 0 Å². The number of carboxylic acid groups (broad SMARTS) is 1. The van der Waals surface area contributed by atoms with Crippen molar-refractivity contribution in [1.82, 2.24) is 14.5 Å². The van der Waals surface area contributed by atoms with Crippen LogP contribution in [0, 0.1) is 5.92 Å². The molecule has 26 heavy (non-hydrogen) atoms. The molecular formula is C19H23N3O3S. The number of piperidine rings is 3. The summed E-state index contributed by atoms with van der Waals surface area (Å²) < 4.78 is 1.56. The third-order valence-electron chi connectivity index (χ3n) is 5.64. The number of hydrogen-bond acceptors (Lipinski definition) is 5. The maximum atomic E-state index is 12.8. The van der Waals surface area contributed by atoms with Crippen LogP contribution in [0.5, 0.6) is 0 Å². The highest BCUT2D eigenvalue weighted by atomic mass is 32.1. The molecule has 0 spiro atoms. The predicted octanol–water partition coefficient (Wildman–Crippen LogP) is 2.92. The summed E-state index contributed by atoms with van der Waals surface area (Å²) >= 11 is 1.47. The molecule has 3 aliphatic rings. The molecule has 3 aliphatic heterocycles. The SMILES string of the molecule is CC(C)c1cnc(-n2c(C3CN4CCC3CC4)c(C(=O)O)ccc2=O)s1. The van der Waals surface area contributed by atoms with Crippen LogP contribution in [-0.2, 0) is 0 Å². The summed E-state index contributed by atoms with van der Waals surface area (Å²) in [5.41, 5.74) is 0.653. The number of thiazole rings is 1. The van der Waals surface area contributed by atoms with Crippen LogP contribution < -0.4 is 5.56 Å². The van der Waals surface area contributed by atoms with Gasteiger partial charge in [-0.25, -0.2) is 9.78 Å². The highest BCUT2D eigenvalue weighted by Gasteiger charge is 2.39. The maximum Gasteiger partial charge on any atom is 0.337 e. The zero-order valence-electron chi connectivity index (χ0n) is 15.0. The van der Waals surface area contributed by atoms with Crippen molar-refractivity contribution in [3.63, 3.8) is 0 Å². The van der Waals surface area contributed by atoms with Gasteiger partial charge in [-0.1, -0.05) is 13.8 Å². The summed E-state index contributed by atoms with van der Waals surface area (Å²) in [6.07, 6.45) is 3.91. The molecule has 2 bridgehead atoms. The van der Waals surface area contributed by atoms with Gasteiger partial charge in [0, 0.05) is 35.3 Å². The molecule has 5 heterocycles. The van der Waals surface area contributed by atoms with E-state index in [0.29, 0.717) is 22.7 Å². The Morgan fingerprint density at radius 1 is 1.31 bits per heavy atom. The van der Waals surface area contributed by atoms with Crippen LogP contribution in [0.4, 0.5) is 0 Å². The molecule has 7 heteroatoms. The van der Waals surface area contributed by atoms with Gasteiger partial charge >= 0.3 is 5.97 Å². The van der Waals surface area contributed by atoms with E-state index in [-0.39, 0.29) is 17.0 Å². The average molecular weight is 373 g/mol. The van der Waals surface area contributed by atoms with Crippen molar-refractivity contribution in [3.05, 3.63) is 44.8 Å². The van der Waals surface area contributed by atoms with Crippen molar-refractivity contribution < 1.29 is 9.90 Å². The fourth-order valence-corrected chi connectivity index (χ4v) is 5.16. The monoisotopic (exact) mass is 373 g/mol. The van der Waals surface area contributed by atoms with E-state index in [4.69, 9.17) is 0 Å². The van der Waals surface area contributed by atoms with E-state index in [0.717, 1.165) is 37.4 Å². The number of aromatic carboxylic acids is 1. The van der Waals surface area contributed by atoms with E-state index < -0.39 is 5.97 Å². The lowest BCUT2D eigenvalue weighted by atomic mass is 9.76. The van der Waals surface area contributed by atoms with Gasteiger partial charge in [0.15, 0.2) is 5.13 Å². The van der Waals surface area contributed by atoms with E-state index in [2.05, 4.69) is 23.7 Å². The second-order valence-corrected chi connectivity index (χ2v) is 8.60. The van der Waals surface area contributed by atoms with Crippen LogP contribution in [0.1, 0.15) is 59.5 Å². The summed E-state index contributed by atoms with van der Waals surface area (Å²) in [5.74, 6) is -0.176. The molecule has 0 radical (unpaired) electrons. The van der Waals surface area contributed by atoms with Crippen molar-refractivity contribution in [2.75, 3.05) is 19.6 Å². The van der Waals surface area contributed by atoms with Crippen molar-refractivity contribution >= 4 is 17.3 Å². The van der Waals surface area contributed by atoms with Gasteiger partial charge in [-0.2, -0.15) is 0 Å². The summed E-state index contributed by atoms with van der Waals surface area (Å²) in [7, 11) is 0. The van der Waals surface area contributed by atoms with E-state index >= 15 is 0 Å². The number of rotatable bonds is 4. The maximum absolute atomic E-state index is 12.8. The van der Waals surface area contributed by atoms with Gasteiger partial charge in [-0.15, -0.1) is 11.3 Å². The lowest BCUT2D eigenvalue weighted by Crippen LogP contribution is -2.47. The van der Waals surface area contributed by atoms with Crippen LogP contribution in [0.2, 0.25) is 0 Å². The van der Waals surface area contributed by atoms with E-state index in [9.17, 15) is 14.7 Å². The van der Waals surface area contributed by atoms with Crippen LogP contribution in [-0.4, -0.2) is 45.2 Å². The first-order valence-electron chi connectivity index (χ1n) is 9.13. The number of carboxylic acids is 1. The Hall–Kier alpha value is -1.99. The third kappa shape index (κ3) is 2.89. The first kappa shape index (κ1) is 17.4. The molecule has 3 fully saturated rings. The first-order chi connectivity index (χ1) is 12.5. The van der Waals surface area contributed by atoms with Gasteiger partial charge in [0.1, 0.15) is 0 Å². The Kier molecular flexibility index (Phi) is 4.44. The number of aromatic nitrogens is 2. The van der Waals surface area contributed by atoms with Crippen molar-refractivity contribution in [1.29, 1.82) is 0 Å². The summed E-state index contributed by atoms with van der Waals surface area (Å²) in [6.45, 7) is 7.12. The minimum absolute atomic E-state index is 0.0592. The molecule has 1 N–H and O–H groups in total. The van der Waals surface area contributed by atoms with Gasteiger partial charge < -0.3 is 10.0 Å². The molecule has 1 atom stereocenters. The molecule has 6 nitrogen and oxygen atoms in total. The van der Waals surface area contributed by atoms with Gasteiger partial charge in [-0.3, -0.25) is 9.36 Å². The molecule has 3 saturated heterocycles. The van der Waals surface area contributed by atoms with Gasteiger partial charge in [0.25, 0.3) is 5.56 Å². The smallest absolute Gasteiger partial charge is 0.337 e. The van der Waals surface area contributed by atoms with Crippen LogP contribution >= 0.6 is 11.3 Å². The van der Waals surface area contributed by atoms with Crippen LogP contribution in [0.25, 0.3) is 5.13 Å². The molecule has 5 rings (SSSR count). The molecule has 0 amide bonds. The number of carbonyl (C=O) groups is 1. The van der Waals surface area contributed by atoms with Crippen molar-refractivity contribution in [2.24, 2.45) is 5.92 Å². The Labute approximate surface area is 156 Å². The Morgan fingerprint density at radius 2 is 2.04 bits per heavy atom. The Morgan fingerprint density at radius 3 is 2.58 bits per heavy atom. The van der Waals surface area contributed by atoms with E-state index in [1.165, 1.54) is 23.5 Å². The first-order valence-corrected chi connectivity index (χ1v) is 9.95. The number of nitrogens with zero attached hydrogens (tertiary/aromatic N) is 3. The topological polar surface area (TPSA) is 75.4 Å². The zero-order chi connectivity index (χ0) is 18.4. The molecule has 138 valence electrons. The Balaban J connectivity index is 1.91. The summed E-state index contributed by atoms with van der Waals surface area (Å²) in [5, 5.41) is 10.4. The van der Waals surface area contributed by atoms with Gasteiger partial charge in [-0.05, 0) is 43.8 Å². The second kappa shape index (κ2) is 6.63. The average Bonchev–Trinajstić information content (AvgIpc) is 3.12. The molecular weight excluding hydrogens is 350 g/mol.